The van der Waals surface area contributed by atoms with Crippen LogP contribution in [0.1, 0.15) is 23.8 Å². The molecule has 4 aromatic rings. The molecule has 3 heterocycles. The second kappa shape index (κ2) is 8.76. The molecule has 1 saturated heterocycles. The van der Waals surface area contributed by atoms with Gasteiger partial charge in [-0.2, -0.15) is 0 Å². The lowest BCUT2D eigenvalue weighted by atomic mass is 9.99. The molecule has 2 aromatic carbocycles. The number of fused-ring (bicyclic) bond motifs is 1. The number of rotatable bonds is 5. The van der Waals surface area contributed by atoms with Gasteiger partial charge in [-0.3, -0.25) is 9.36 Å². The van der Waals surface area contributed by atoms with Crippen LogP contribution in [-0.2, 0) is 4.79 Å². The van der Waals surface area contributed by atoms with E-state index >= 15 is 0 Å². The molecule has 5 rings (SSSR count). The summed E-state index contributed by atoms with van der Waals surface area (Å²) in [6, 6.07) is 14.6. The van der Waals surface area contributed by atoms with Crippen molar-refractivity contribution in [2.75, 3.05) is 18.8 Å². The van der Waals surface area contributed by atoms with Crippen molar-refractivity contribution in [2.24, 2.45) is 0 Å². The van der Waals surface area contributed by atoms with Crippen molar-refractivity contribution in [2.45, 2.75) is 23.9 Å². The van der Waals surface area contributed by atoms with Gasteiger partial charge in [0.25, 0.3) is 0 Å². The molecule has 158 valence electrons. The van der Waals surface area contributed by atoms with Gasteiger partial charge in [0, 0.05) is 19.0 Å². The average Bonchev–Trinajstić information content (AvgIpc) is 3.45. The number of carbonyl (C=O) groups excluding carboxylic acids is 1. The molecule has 0 aliphatic carbocycles. The first kappa shape index (κ1) is 20.1. The number of likely N-dealkylation sites (tertiary alicyclic amines) is 1. The average molecular weight is 454 g/mol. The number of piperidine rings is 1. The highest BCUT2D eigenvalue weighted by Crippen LogP contribution is 2.33. The van der Waals surface area contributed by atoms with E-state index in [4.69, 9.17) is 4.98 Å². The summed E-state index contributed by atoms with van der Waals surface area (Å²) >= 11 is 3.00. The van der Waals surface area contributed by atoms with Crippen LogP contribution in [0.2, 0.25) is 0 Å². The molecule has 1 amide bonds. The van der Waals surface area contributed by atoms with Gasteiger partial charge in [-0.1, -0.05) is 36.0 Å². The van der Waals surface area contributed by atoms with Gasteiger partial charge in [-0.25, -0.2) is 9.37 Å². The number of nitrogens with zero attached hydrogens (tertiary/aromatic N) is 5. The van der Waals surface area contributed by atoms with E-state index in [-0.39, 0.29) is 23.4 Å². The fraction of sp³-hybridized carbons (Fsp3) is 0.273. The number of thioether (sulfide) groups is 1. The van der Waals surface area contributed by atoms with Crippen molar-refractivity contribution < 1.29 is 9.18 Å². The van der Waals surface area contributed by atoms with E-state index < -0.39 is 0 Å². The lowest BCUT2D eigenvalue weighted by molar-refractivity contribution is -0.129. The third-order valence-electron chi connectivity index (χ3n) is 5.39. The maximum absolute atomic E-state index is 14.1. The highest BCUT2D eigenvalue weighted by molar-refractivity contribution is 7.99. The predicted molar refractivity (Wildman–Crippen MR) is 120 cm³/mol. The van der Waals surface area contributed by atoms with Crippen LogP contribution >= 0.6 is 23.1 Å². The summed E-state index contributed by atoms with van der Waals surface area (Å²) in [6.45, 7) is 1.43. The number of carbonyl (C=O) groups is 1. The lowest BCUT2D eigenvalue weighted by Gasteiger charge is -2.31. The van der Waals surface area contributed by atoms with E-state index in [2.05, 4.69) is 16.3 Å². The Balaban J connectivity index is 1.25. The summed E-state index contributed by atoms with van der Waals surface area (Å²) in [5.74, 6) is 0.200. The minimum Gasteiger partial charge on any atom is -0.341 e. The van der Waals surface area contributed by atoms with Gasteiger partial charge in [0.1, 0.15) is 12.1 Å². The van der Waals surface area contributed by atoms with Crippen molar-refractivity contribution in [3.8, 4) is 5.69 Å². The Labute approximate surface area is 187 Å². The molecule has 31 heavy (non-hydrogen) atoms. The summed E-state index contributed by atoms with van der Waals surface area (Å²) in [4.78, 5) is 19.6. The summed E-state index contributed by atoms with van der Waals surface area (Å²) in [5, 5.41) is 9.56. The first-order valence-corrected chi connectivity index (χ1v) is 11.9. The van der Waals surface area contributed by atoms with Crippen LogP contribution in [0.15, 0.2) is 60.0 Å². The molecule has 0 radical (unpaired) electrons. The zero-order valence-corrected chi connectivity index (χ0v) is 18.3. The standard InChI is InChI=1S/C22H20FN5OS2/c23-16-7-1-3-9-18(16)28-14-24-26-22(28)30-13-20(29)27-11-5-6-15(12-27)21-25-17-8-2-4-10-19(17)31-21/h1-4,7-10,14-15H,5-6,11-13H2/t15-/m1/s1. The fourth-order valence-corrected chi connectivity index (χ4v) is 5.74. The van der Waals surface area contributed by atoms with E-state index in [1.165, 1.54) is 28.9 Å². The molecule has 1 atom stereocenters. The van der Waals surface area contributed by atoms with E-state index in [1.807, 2.05) is 23.1 Å². The zero-order valence-electron chi connectivity index (χ0n) is 16.6. The van der Waals surface area contributed by atoms with E-state index in [1.54, 1.807) is 34.1 Å². The van der Waals surface area contributed by atoms with Crippen molar-refractivity contribution in [1.82, 2.24) is 24.6 Å². The van der Waals surface area contributed by atoms with Gasteiger partial charge >= 0.3 is 0 Å². The Morgan fingerprint density at radius 2 is 2.03 bits per heavy atom. The van der Waals surface area contributed by atoms with Crippen LogP contribution in [0, 0.1) is 5.82 Å². The van der Waals surface area contributed by atoms with E-state index in [0.717, 1.165) is 29.9 Å². The number of thiazole rings is 1. The van der Waals surface area contributed by atoms with Gasteiger partial charge in [0.15, 0.2) is 5.16 Å². The smallest absolute Gasteiger partial charge is 0.233 e. The van der Waals surface area contributed by atoms with Crippen LogP contribution in [-0.4, -0.2) is 49.4 Å². The number of benzene rings is 2. The molecule has 0 N–H and O–H groups in total. The van der Waals surface area contributed by atoms with Gasteiger partial charge in [0.2, 0.25) is 5.91 Å². The highest BCUT2D eigenvalue weighted by atomic mass is 32.2. The summed E-state index contributed by atoms with van der Waals surface area (Å²) < 4.78 is 16.9. The quantitative estimate of drug-likeness (QED) is 0.416. The largest absolute Gasteiger partial charge is 0.341 e. The number of amides is 1. The monoisotopic (exact) mass is 453 g/mol. The molecule has 0 unspecified atom stereocenters. The number of para-hydroxylation sites is 2. The zero-order chi connectivity index (χ0) is 21.2. The third-order valence-corrected chi connectivity index (χ3v) is 7.51. The number of aromatic nitrogens is 4. The first-order chi connectivity index (χ1) is 15.2. The van der Waals surface area contributed by atoms with Crippen LogP contribution < -0.4 is 0 Å². The Hall–Kier alpha value is -2.78. The topological polar surface area (TPSA) is 63.9 Å². The molecule has 0 spiro atoms. The van der Waals surface area contributed by atoms with Gasteiger partial charge in [0.05, 0.1) is 26.7 Å². The Morgan fingerprint density at radius 3 is 2.90 bits per heavy atom. The van der Waals surface area contributed by atoms with E-state index in [9.17, 15) is 9.18 Å². The van der Waals surface area contributed by atoms with Crippen molar-refractivity contribution in [3.63, 3.8) is 0 Å². The lowest BCUT2D eigenvalue weighted by Crippen LogP contribution is -2.40. The second-order valence-corrected chi connectivity index (χ2v) is 9.43. The highest BCUT2D eigenvalue weighted by Gasteiger charge is 2.27. The Kier molecular flexibility index (Phi) is 5.69. The summed E-state index contributed by atoms with van der Waals surface area (Å²) in [5.41, 5.74) is 1.39. The molecule has 6 nitrogen and oxygen atoms in total. The maximum Gasteiger partial charge on any atom is 0.233 e. The first-order valence-electron chi connectivity index (χ1n) is 10.1. The minimum absolute atomic E-state index is 0.0545. The van der Waals surface area contributed by atoms with Gasteiger partial charge in [-0.05, 0) is 37.1 Å². The van der Waals surface area contributed by atoms with Crippen molar-refractivity contribution >= 4 is 39.2 Å². The second-order valence-electron chi connectivity index (χ2n) is 7.42. The SMILES string of the molecule is O=C(CSc1nncn1-c1ccccc1F)N1CCC[C@@H](c2nc3ccccc3s2)C1. The van der Waals surface area contributed by atoms with Crippen LogP contribution in [0.4, 0.5) is 4.39 Å². The van der Waals surface area contributed by atoms with Crippen LogP contribution in [0.3, 0.4) is 0 Å². The van der Waals surface area contributed by atoms with Crippen LogP contribution in [0.5, 0.6) is 0 Å². The Bertz CT molecular complexity index is 1190. The molecule has 1 aliphatic heterocycles. The predicted octanol–water partition coefficient (Wildman–Crippen LogP) is 4.51. The van der Waals surface area contributed by atoms with Gasteiger partial charge < -0.3 is 4.90 Å². The normalized spacial score (nSPS) is 16.7. The maximum atomic E-state index is 14.1. The third kappa shape index (κ3) is 4.20. The summed E-state index contributed by atoms with van der Waals surface area (Å²) in [7, 11) is 0. The molecule has 0 saturated carbocycles. The fourth-order valence-electron chi connectivity index (χ4n) is 3.82. The molecule has 1 aliphatic rings. The molecular formula is C22H20FN5OS2. The number of hydrogen-bond donors (Lipinski definition) is 0. The summed E-state index contributed by atoms with van der Waals surface area (Å²) in [6.07, 6.45) is 3.47. The van der Waals surface area contributed by atoms with Gasteiger partial charge in [-0.15, -0.1) is 21.5 Å². The molecule has 2 aromatic heterocycles. The number of halogens is 1. The van der Waals surface area contributed by atoms with Crippen molar-refractivity contribution in [1.29, 1.82) is 0 Å². The number of hydrogen-bond acceptors (Lipinski definition) is 6. The molecular weight excluding hydrogens is 433 g/mol. The van der Waals surface area contributed by atoms with Crippen molar-refractivity contribution in [3.05, 3.63) is 65.7 Å². The Morgan fingerprint density at radius 1 is 1.19 bits per heavy atom. The molecule has 0 bridgehead atoms. The molecule has 9 heteroatoms. The van der Waals surface area contributed by atoms with Crippen LogP contribution in [0.25, 0.3) is 15.9 Å². The van der Waals surface area contributed by atoms with E-state index in [0.29, 0.717) is 17.4 Å². The minimum atomic E-state index is -0.356. The molecule has 1 fully saturated rings.